The van der Waals surface area contributed by atoms with Crippen molar-refractivity contribution in [3.05, 3.63) is 24.3 Å². The van der Waals surface area contributed by atoms with Crippen LogP contribution in [0.2, 0.25) is 0 Å². The maximum atomic E-state index is 4.41. The molecule has 1 N–H and O–H groups in total. The summed E-state index contributed by atoms with van der Waals surface area (Å²) in [6, 6.07) is 1.97. The van der Waals surface area contributed by atoms with Crippen LogP contribution in [0, 0.1) is 0 Å². The molecule has 0 saturated carbocycles. The Kier molecular flexibility index (Phi) is 2.29. The normalized spacial score (nSPS) is 23.8. The maximum Gasteiger partial charge on any atom is 0.148 e. The van der Waals surface area contributed by atoms with Gasteiger partial charge in [-0.05, 0) is 6.07 Å². The number of hydrogen-bond donors (Lipinski definition) is 1. The van der Waals surface area contributed by atoms with Crippen molar-refractivity contribution in [2.24, 2.45) is 0 Å². The fourth-order valence-corrected chi connectivity index (χ4v) is 1.26. The second-order valence-electron chi connectivity index (χ2n) is 2.73. The minimum atomic E-state index is 0.153. The van der Waals surface area contributed by atoms with Gasteiger partial charge in [-0.1, -0.05) is 0 Å². The van der Waals surface area contributed by atoms with E-state index in [0.717, 1.165) is 25.5 Å². The molecule has 0 aliphatic carbocycles. The lowest BCUT2D eigenvalue weighted by Crippen LogP contribution is -2.39. The lowest BCUT2D eigenvalue weighted by molar-refractivity contribution is 0.406. The summed E-state index contributed by atoms with van der Waals surface area (Å²) in [6.07, 6.45) is 3.51. The number of rotatable bonds is 1. The molecule has 1 radical (unpaired) electrons. The Morgan fingerprint density at radius 3 is 2.83 bits per heavy atom. The molecule has 0 spiro atoms. The van der Waals surface area contributed by atoms with E-state index in [2.05, 4.69) is 20.6 Å². The Labute approximate surface area is 71.4 Å². The van der Waals surface area contributed by atoms with E-state index in [9.17, 15) is 0 Å². The van der Waals surface area contributed by atoms with Crippen LogP contribution in [0.1, 0.15) is 11.9 Å². The van der Waals surface area contributed by atoms with E-state index in [1.165, 1.54) is 0 Å². The molecular weight excluding hydrogens is 152 g/mol. The lowest BCUT2D eigenvalue weighted by atomic mass is 10.2. The SMILES string of the molecule is c1cnc(C2CNCC[N]2)nc1. The molecule has 1 saturated heterocycles. The van der Waals surface area contributed by atoms with E-state index in [1.54, 1.807) is 12.4 Å². The standard InChI is InChI=1S/C8H11N4/c1-2-11-8(12-3-1)7-6-9-4-5-10-7/h1-3,7,9H,4-6H2. The van der Waals surface area contributed by atoms with Gasteiger partial charge in [0, 0.05) is 32.0 Å². The Morgan fingerprint density at radius 1 is 1.33 bits per heavy atom. The van der Waals surface area contributed by atoms with Crippen LogP contribution in [-0.4, -0.2) is 29.6 Å². The Hall–Kier alpha value is -1.00. The number of aromatic nitrogens is 2. The van der Waals surface area contributed by atoms with E-state index in [1.807, 2.05) is 6.07 Å². The van der Waals surface area contributed by atoms with Gasteiger partial charge in [0.05, 0.1) is 6.04 Å². The van der Waals surface area contributed by atoms with Gasteiger partial charge in [-0.25, -0.2) is 15.3 Å². The van der Waals surface area contributed by atoms with E-state index >= 15 is 0 Å². The zero-order valence-corrected chi connectivity index (χ0v) is 6.77. The van der Waals surface area contributed by atoms with Gasteiger partial charge in [0.1, 0.15) is 5.82 Å². The summed E-state index contributed by atoms with van der Waals surface area (Å²) in [6.45, 7) is 2.70. The summed E-state index contributed by atoms with van der Waals surface area (Å²) in [4.78, 5) is 8.32. The molecule has 1 aliphatic heterocycles. The molecule has 1 aromatic heterocycles. The highest BCUT2D eigenvalue weighted by atomic mass is 15.1. The third kappa shape index (κ3) is 1.60. The zero-order valence-electron chi connectivity index (χ0n) is 6.77. The van der Waals surface area contributed by atoms with Crippen molar-refractivity contribution < 1.29 is 0 Å². The number of nitrogens with zero attached hydrogens (tertiary/aromatic N) is 3. The molecule has 1 aromatic rings. The average molecular weight is 163 g/mol. The van der Waals surface area contributed by atoms with Gasteiger partial charge in [0.15, 0.2) is 0 Å². The Morgan fingerprint density at radius 2 is 2.17 bits per heavy atom. The van der Waals surface area contributed by atoms with Gasteiger partial charge >= 0.3 is 0 Å². The summed E-state index contributed by atoms with van der Waals surface area (Å²) < 4.78 is 0. The van der Waals surface area contributed by atoms with Gasteiger partial charge in [0.25, 0.3) is 0 Å². The van der Waals surface area contributed by atoms with Gasteiger partial charge in [0.2, 0.25) is 0 Å². The molecule has 0 amide bonds. The van der Waals surface area contributed by atoms with Crippen molar-refractivity contribution in [2.45, 2.75) is 6.04 Å². The fourth-order valence-electron chi connectivity index (χ4n) is 1.26. The van der Waals surface area contributed by atoms with Gasteiger partial charge < -0.3 is 5.32 Å². The second kappa shape index (κ2) is 3.60. The van der Waals surface area contributed by atoms with Crippen LogP contribution in [0.15, 0.2) is 18.5 Å². The van der Waals surface area contributed by atoms with Crippen LogP contribution < -0.4 is 10.6 Å². The van der Waals surface area contributed by atoms with Crippen molar-refractivity contribution in [2.75, 3.05) is 19.6 Å². The number of hydrogen-bond acceptors (Lipinski definition) is 3. The first kappa shape index (κ1) is 7.64. The molecule has 2 rings (SSSR count). The van der Waals surface area contributed by atoms with Crippen molar-refractivity contribution in [1.82, 2.24) is 20.6 Å². The first-order chi connectivity index (χ1) is 5.97. The largest absolute Gasteiger partial charge is 0.313 e. The highest BCUT2D eigenvalue weighted by Crippen LogP contribution is 2.07. The first-order valence-corrected chi connectivity index (χ1v) is 4.11. The highest BCUT2D eigenvalue weighted by molar-refractivity contribution is 4.97. The molecule has 4 nitrogen and oxygen atoms in total. The van der Waals surface area contributed by atoms with E-state index in [4.69, 9.17) is 0 Å². The van der Waals surface area contributed by atoms with Crippen LogP contribution in [0.25, 0.3) is 0 Å². The minimum Gasteiger partial charge on any atom is -0.313 e. The smallest absolute Gasteiger partial charge is 0.148 e. The van der Waals surface area contributed by atoms with Crippen LogP contribution in [-0.2, 0) is 0 Å². The predicted octanol–water partition coefficient (Wildman–Crippen LogP) is -0.275. The molecule has 0 bridgehead atoms. The van der Waals surface area contributed by atoms with Crippen molar-refractivity contribution in [3.63, 3.8) is 0 Å². The van der Waals surface area contributed by atoms with E-state index in [0.29, 0.717) is 0 Å². The summed E-state index contributed by atoms with van der Waals surface area (Å²) in [5, 5.41) is 7.67. The molecule has 1 unspecified atom stereocenters. The van der Waals surface area contributed by atoms with Crippen LogP contribution >= 0.6 is 0 Å². The first-order valence-electron chi connectivity index (χ1n) is 4.11. The molecule has 1 atom stereocenters. The van der Waals surface area contributed by atoms with Gasteiger partial charge in [-0.3, -0.25) is 0 Å². The topological polar surface area (TPSA) is 51.9 Å². The molecule has 2 heterocycles. The van der Waals surface area contributed by atoms with Gasteiger partial charge in [-0.15, -0.1) is 0 Å². The highest BCUT2D eigenvalue weighted by Gasteiger charge is 2.17. The van der Waals surface area contributed by atoms with Gasteiger partial charge in [-0.2, -0.15) is 0 Å². The molecule has 63 valence electrons. The summed E-state index contributed by atoms with van der Waals surface area (Å²) >= 11 is 0. The van der Waals surface area contributed by atoms with Crippen LogP contribution in [0.5, 0.6) is 0 Å². The number of nitrogens with one attached hydrogen (secondary N) is 1. The monoisotopic (exact) mass is 163 g/mol. The van der Waals surface area contributed by atoms with E-state index in [-0.39, 0.29) is 6.04 Å². The molecule has 4 heteroatoms. The van der Waals surface area contributed by atoms with Crippen LogP contribution in [0.4, 0.5) is 0 Å². The third-order valence-corrected chi connectivity index (χ3v) is 1.86. The van der Waals surface area contributed by atoms with Crippen molar-refractivity contribution in [1.29, 1.82) is 0 Å². The third-order valence-electron chi connectivity index (χ3n) is 1.86. The zero-order chi connectivity index (χ0) is 8.23. The van der Waals surface area contributed by atoms with Crippen LogP contribution in [0.3, 0.4) is 0 Å². The van der Waals surface area contributed by atoms with Crippen molar-refractivity contribution in [3.8, 4) is 0 Å². The quantitative estimate of drug-likeness (QED) is 0.619. The molecular formula is C8H11N4. The maximum absolute atomic E-state index is 4.41. The molecule has 0 aromatic carbocycles. The summed E-state index contributed by atoms with van der Waals surface area (Å²) in [5.41, 5.74) is 0. The summed E-state index contributed by atoms with van der Waals surface area (Å²) in [5.74, 6) is 0.824. The average Bonchev–Trinajstić information content (AvgIpc) is 2.21. The molecule has 12 heavy (non-hydrogen) atoms. The Balaban J connectivity index is 2.08. The Bertz CT molecular complexity index is 230. The number of piperazine rings is 1. The lowest BCUT2D eigenvalue weighted by Gasteiger charge is -2.20. The van der Waals surface area contributed by atoms with E-state index < -0.39 is 0 Å². The molecule has 1 fully saturated rings. The second-order valence-corrected chi connectivity index (χ2v) is 2.73. The summed E-state index contributed by atoms with van der Waals surface area (Å²) in [7, 11) is 0. The minimum absolute atomic E-state index is 0.153. The molecule has 1 aliphatic rings. The van der Waals surface area contributed by atoms with Crippen molar-refractivity contribution >= 4 is 0 Å². The predicted molar refractivity (Wildman–Crippen MR) is 44.6 cm³/mol. The fraction of sp³-hybridized carbons (Fsp3) is 0.500.